The van der Waals surface area contributed by atoms with Crippen molar-refractivity contribution in [2.75, 3.05) is 31.1 Å². The lowest BCUT2D eigenvalue weighted by Crippen LogP contribution is -2.48. The highest BCUT2D eigenvalue weighted by molar-refractivity contribution is 7.92. The number of piperazine rings is 1. The number of hydrogen-bond acceptors (Lipinski definition) is 5. The number of nitrogens with zero attached hydrogens (tertiary/aromatic N) is 3. The normalized spacial score (nSPS) is 17.2. The molecule has 160 valence electrons. The van der Waals surface area contributed by atoms with Gasteiger partial charge < -0.3 is 14.0 Å². The first-order valence-corrected chi connectivity index (χ1v) is 11.3. The number of anilines is 1. The summed E-state index contributed by atoms with van der Waals surface area (Å²) in [7, 11) is 0. The molecule has 2 aromatic rings. The number of para-hydroxylation sites is 1. The maximum atomic E-state index is 15.0. The fourth-order valence-corrected chi connectivity index (χ4v) is 4.58. The molecule has 7 heteroatoms. The zero-order valence-corrected chi connectivity index (χ0v) is 18.1. The zero-order valence-electron chi connectivity index (χ0n) is 17.3. The van der Waals surface area contributed by atoms with E-state index >= 15 is 0 Å². The second-order valence-electron chi connectivity index (χ2n) is 7.90. The van der Waals surface area contributed by atoms with Crippen LogP contribution in [0.1, 0.15) is 31.7 Å². The van der Waals surface area contributed by atoms with E-state index in [0.717, 1.165) is 37.4 Å². The SMILES string of the molecule is CC(=O)N1CCN(c2ccc(CN(SOc3ccccc3)C3CCC3)c(F)c2)CC1. The van der Waals surface area contributed by atoms with Crippen molar-refractivity contribution >= 4 is 23.8 Å². The van der Waals surface area contributed by atoms with Gasteiger partial charge in [-0.2, -0.15) is 0 Å². The Balaban J connectivity index is 1.39. The average Bonchev–Trinajstić information content (AvgIpc) is 2.73. The van der Waals surface area contributed by atoms with E-state index in [9.17, 15) is 9.18 Å². The Morgan fingerprint density at radius 1 is 1.13 bits per heavy atom. The standard InChI is InChI=1S/C23H28FN3O2S/c1-18(28)25-12-14-26(15-13-25)21-11-10-19(23(24)16-21)17-27(20-6-5-7-20)30-29-22-8-3-2-4-9-22/h2-4,8-11,16,20H,5-7,12-15,17H2,1H3. The molecule has 5 nitrogen and oxygen atoms in total. The number of benzene rings is 2. The van der Waals surface area contributed by atoms with Crippen molar-refractivity contribution in [3.8, 4) is 5.75 Å². The van der Waals surface area contributed by atoms with Gasteiger partial charge in [0.2, 0.25) is 5.91 Å². The van der Waals surface area contributed by atoms with Crippen molar-refractivity contribution in [3.63, 3.8) is 0 Å². The van der Waals surface area contributed by atoms with Crippen molar-refractivity contribution in [3.05, 3.63) is 59.9 Å². The Morgan fingerprint density at radius 3 is 2.47 bits per heavy atom. The monoisotopic (exact) mass is 429 g/mol. The Hall–Kier alpha value is -2.25. The van der Waals surface area contributed by atoms with E-state index in [1.54, 1.807) is 13.0 Å². The van der Waals surface area contributed by atoms with E-state index in [4.69, 9.17) is 4.18 Å². The topological polar surface area (TPSA) is 36.0 Å². The largest absolute Gasteiger partial charge is 0.409 e. The Kier molecular flexibility index (Phi) is 6.79. The van der Waals surface area contributed by atoms with Crippen LogP contribution >= 0.6 is 12.2 Å². The second-order valence-corrected chi connectivity index (χ2v) is 8.68. The molecule has 1 amide bonds. The van der Waals surface area contributed by atoms with Gasteiger partial charge in [0.15, 0.2) is 0 Å². The second kappa shape index (κ2) is 9.71. The summed E-state index contributed by atoms with van der Waals surface area (Å²) in [6.45, 7) is 4.92. The summed E-state index contributed by atoms with van der Waals surface area (Å²) in [6, 6.07) is 15.6. The smallest absolute Gasteiger partial charge is 0.219 e. The van der Waals surface area contributed by atoms with Crippen molar-refractivity contribution < 1.29 is 13.4 Å². The third-order valence-corrected chi connectivity index (χ3v) is 6.79. The van der Waals surface area contributed by atoms with Crippen LogP contribution in [0.3, 0.4) is 0 Å². The molecule has 4 rings (SSSR count). The van der Waals surface area contributed by atoms with Gasteiger partial charge in [0.05, 0.1) is 0 Å². The Morgan fingerprint density at radius 2 is 1.87 bits per heavy atom. The van der Waals surface area contributed by atoms with Crippen molar-refractivity contribution in [2.24, 2.45) is 0 Å². The molecule has 0 unspecified atom stereocenters. The van der Waals surface area contributed by atoms with Crippen LogP contribution in [0.4, 0.5) is 10.1 Å². The highest BCUT2D eigenvalue weighted by atomic mass is 32.2. The first-order chi connectivity index (χ1) is 14.6. The van der Waals surface area contributed by atoms with E-state index in [0.29, 0.717) is 31.2 Å². The number of carbonyl (C=O) groups excluding carboxylic acids is 1. The van der Waals surface area contributed by atoms with Crippen molar-refractivity contribution in [1.82, 2.24) is 9.21 Å². The fraction of sp³-hybridized carbons (Fsp3) is 0.435. The molecular formula is C23H28FN3O2S. The molecule has 1 aliphatic carbocycles. The molecule has 2 fully saturated rings. The molecule has 0 spiro atoms. The summed E-state index contributed by atoms with van der Waals surface area (Å²) in [5, 5.41) is 0. The Labute approximate surface area is 182 Å². The molecule has 1 heterocycles. The van der Waals surface area contributed by atoms with Gasteiger partial charge in [-0.3, -0.25) is 4.79 Å². The Bertz CT molecular complexity index is 855. The maximum absolute atomic E-state index is 15.0. The van der Waals surface area contributed by atoms with Crippen molar-refractivity contribution in [1.29, 1.82) is 0 Å². The molecule has 30 heavy (non-hydrogen) atoms. The highest BCUT2D eigenvalue weighted by Gasteiger charge is 2.28. The predicted molar refractivity (Wildman–Crippen MR) is 119 cm³/mol. The van der Waals surface area contributed by atoms with Gasteiger partial charge >= 0.3 is 0 Å². The van der Waals surface area contributed by atoms with Gasteiger partial charge in [-0.25, -0.2) is 8.70 Å². The lowest BCUT2D eigenvalue weighted by molar-refractivity contribution is -0.129. The van der Waals surface area contributed by atoms with Gasteiger partial charge in [0, 0.05) is 56.9 Å². The summed E-state index contributed by atoms with van der Waals surface area (Å²) >= 11 is 1.32. The van der Waals surface area contributed by atoms with Crippen LogP contribution in [0.15, 0.2) is 48.5 Å². The molecule has 1 saturated carbocycles. The molecule has 1 aliphatic heterocycles. The number of carbonyl (C=O) groups is 1. The quantitative estimate of drug-likeness (QED) is 0.479. The molecule has 0 radical (unpaired) electrons. The summed E-state index contributed by atoms with van der Waals surface area (Å²) < 4.78 is 23.0. The number of hydrogen-bond donors (Lipinski definition) is 0. The van der Waals surface area contributed by atoms with Crippen LogP contribution in [0, 0.1) is 5.82 Å². The molecular weight excluding hydrogens is 401 g/mol. The highest BCUT2D eigenvalue weighted by Crippen LogP contribution is 2.33. The fourth-order valence-electron chi connectivity index (χ4n) is 3.77. The minimum Gasteiger partial charge on any atom is -0.409 e. The molecule has 2 aliphatic rings. The summed E-state index contributed by atoms with van der Waals surface area (Å²) in [5.74, 6) is 0.709. The van der Waals surface area contributed by atoms with Crippen LogP contribution in [0.5, 0.6) is 5.75 Å². The van der Waals surface area contributed by atoms with Gasteiger partial charge in [-0.05, 0) is 37.1 Å². The summed E-state index contributed by atoms with van der Waals surface area (Å²) in [4.78, 5) is 15.5. The summed E-state index contributed by atoms with van der Waals surface area (Å²) in [5.41, 5.74) is 1.56. The van der Waals surface area contributed by atoms with Crippen molar-refractivity contribution in [2.45, 2.75) is 38.8 Å². The number of halogens is 1. The van der Waals surface area contributed by atoms with E-state index in [1.807, 2.05) is 47.4 Å². The molecule has 0 aromatic heterocycles. The molecule has 0 bridgehead atoms. The van der Waals surface area contributed by atoms with E-state index < -0.39 is 0 Å². The number of rotatable bonds is 7. The molecule has 0 N–H and O–H groups in total. The van der Waals surface area contributed by atoms with Gasteiger partial charge in [-0.1, -0.05) is 30.7 Å². The first kappa shape index (κ1) is 21.0. The lowest BCUT2D eigenvalue weighted by Gasteiger charge is -2.36. The van der Waals surface area contributed by atoms with Crippen LogP contribution < -0.4 is 9.08 Å². The van der Waals surface area contributed by atoms with Gasteiger partial charge in [-0.15, -0.1) is 0 Å². The first-order valence-electron chi connectivity index (χ1n) is 10.6. The minimum absolute atomic E-state index is 0.0995. The molecule has 0 atom stereocenters. The zero-order chi connectivity index (χ0) is 20.9. The van der Waals surface area contributed by atoms with Crippen LogP contribution in [-0.2, 0) is 11.3 Å². The van der Waals surface area contributed by atoms with E-state index in [2.05, 4.69) is 9.21 Å². The predicted octanol–water partition coefficient (Wildman–Crippen LogP) is 4.49. The number of amides is 1. The van der Waals surface area contributed by atoms with Crippen LogP contribution in [-0.4, -0.2) is 47.3 Å². The average molecular weight is 430 g/mol. The molecule has 2 aromatic carbocycles. The van der Waals surface area contributed by atoms with Crippen LogP contribution in [0.2, 0.25) is 0 Å². The maximum Gasteiger partial charge on any atom is 0.219 e. The molecule has 1 saturated heterocycles. The lowest BCUT2D eigenvalue weighted by atomic mass is 9.93. The van der Waals surface area contributed by atoms with E-state index in [1.165, 1.54) is 18.6 Å². The minimum atomic E-state index is -0.189. The van der Waals surface area contributed by atoms with E-state index in [-0.39, 0.29) is 11.7 Å². The van der Waals surface area contributed by atoms with Crippen LogP contribution in [0.25, 0.3) is 0 Å². The third kappa shape index (κ3) is 5.08. The van der Waals surface area contributed by atoms with Gasteiger partial charge in [0.25, 0.3) is 0 Å². The van der Waals surface area contributed by atoms with Gasteiger partial charge in [0.1, 0.15) is 23.8 Å². The summed E-state index contributed by atoms with van der Waals surface area (Å²) in [6.07, 6.45) is 3.44. The third-order valence-electron chi connectivity index (χ3n) is 5.91.